The van der Waals surface area contributed by atoms with E-state index in [0.29, 0.717) is 11.3 Å². The van der Waals surface area contributed by atoms with Gasteiger partial charge in [0.1, 0.15) is 0 Å². The number of anilines is 2. The Morgan fingerprint density at radius 3 is 2.21 bits per heavy atom. The van der Waals surface area contributed by atoms with Gasteiger partial charge in [-0.1, -0.05) is 29.3 Å². The third-order valence-electron chi connectivity index (χ3n) is 5.03. The second-order valence-corrected chi connectivity index (χ2v) is 10.4. The minimum Gasteiger partial charge on any atom is -0.476 e. The van der Waals surface area contributed by atoms with E-state index in [1.165, 1.54) is 4.90 Å². The molecule has 2 aromatic carbocycles. The summed E-state index contributed by atoms with van der Waals surface area (Å²) in [5.41, 5.74) is 0.721. The zero-order valence-corrected chi connectivity index (χ0v) is 19.2. The number of amides is 1. The summed E-state index contributed by atoms with van der Waals surface area (Å²) in [5.74, 6) is -1.90. The highest BCUT2D eigenvalue weighted by molar-refractivity contribution is 7.91. The molecule has 0 spiro atoms. The number of aromatic carboxylic acids is 1. The third-order valence-corrected chi connectivity index (χ3v) is 7.27. The Morgan fingerprint density at radius 2 is 1.64 bits per heavy atom. The second kappa shape index (κ2) is 9.05. The summed E-state index contributed by atoms with van der Waals surface area (Å²) in [6.07, 6.45) is 0. The van der Waals surface area contributed by atoms with Crippen LogP contribution in [0.2, 0.25) is 10.0 Å². The van der Waals surface area contributed by atoms with Gasteiger partial charge < -0.3 is 19.7 Å². The first kappa shape index (κ1) is 23.1. The lowest BCUT2D eigenvalue weighted by Gasteiger charge is -2.26. The van der Waals surface area contributed by atoms with Crippen molar-refractivity contribution in [1.82, 2.24) is 9.88 Å². The largest absolute Gasteiger partial charge is 0.476 e. The van der Waals surface area contributed by atoms with E-state index < -0.39 is 15.8 Å². The van der Waals surface area contributed by atoms with E-state index in [4.69, 9.17) is 27.6 Å². The molecule has 12 heteroatoms. The van der Waals surface area contributed by atoms with E-state index in [-0.39, 0.29) is 63.6 Å². The molecule has 1 aliphatic rings. The SMILES string of the molecule is O=C(O)c1nc(-c2c(Cl)cccc2Cl)oc1Nc1ccc(C(=O)N2CCS(=O)(=O)CC2)cc1. The summed E-state index contributed by atoms with van der Waals surface area (Å²) in [6, 6.07) is 11.0. The van der Waals surface area contributed by atoms with E-state index in [0.717, 1.165) is 0 Å². The first-order chi connectivity index (χ1) is 15.6. The second-order valence-electron chi connectivity index (χ2n) is 7.24. The smallest absolute Gasteiger partial charge is 0.360 e. The number of oxazole rings is 1. The summed E-state index contributed by atoms with van der Waals surface area (Å²) in [6.45, 7) is 0.295. The number of rotatable bonds is 5. The molecule has 0 radical (unpaired) electrons. The van der Waals surface area contributed by atoms with E-state index in [2.05, 4.69) is 10.3 Å². The van der Waals surface area contributed by atoms with Crippen LogP contribution in [0.25, 0.3) is 11.5 Å². The normalized spacial score (nSPS) is 15.3. The van der Waals surface area contributed by atoms with Gasteiger partial charge in [0, 0.05) is 24.3 Å². The van der Waals surface area contributed by atoms with Gasteiger partial charge in [-0.05, 0) is 36.4 Å². The first-order valence-corrected chi connectivity index (χ1v) is 12.3. The number of nitrogens with one attached hydrogen (secondary N) is 1. The number of hydrogen-bond acceptors (Lipinski definition) is 7. The number of nitrogens with zero attached hydrogens (tertiary/aromatic N) is 2. The molecule has 4 rings (SSSR count). The van der Waals surface area contributed by atoms with E-state index in [1.54, 1.807) is 42.5 Å². The molecule has 1 aromatic heterocycles. The molecule has 1 aliphatic heterocycles. The Balaban J connectivity index is 1.55. The topological polar surface area (TPSA) is 130 Å². The van der Waals surface area contributed by atoms with Crippen molar-refractivity contribution in [1.29, 1.82) is 0 Å². The van der Waals surface area contributed by atoms with Gasteiger partial charge in [0.15, 0.2) is 9.84 Å². The highest BCUT2D eigenvalue weighted by Gasteiger charge is 2.26. The monoisotopic (exact) mass is 509 g/mol. The molecule has 0 aliphatic carbocycles. The van der Waals surface area contributed by atoms with Crippen LogP contribution >= 0.6 is 23.2 Å². The van der Waals surface area contributed by atoms with Crippen molar-refractivity contribution in [3.63, 3.8) is 0 Å². The summed E-state index contributed by atoms with van der Waals surface area (Å²) in [5, 5.41) is 12.9. The van der Waals surface area contributed by atoms with Gasteiger partial charge >= 0.3 is 5.97 Å². The van der Waals surface area contributed by atoms with E-state index in [9.17, 15) is 23.1 Å². The van der Waals surface area contributed by atoms with Crippen molar-refractivity contribution >= 4 is 56.5 Å². The molecule has 172 valence electrons. The molecule has 0 saturated carbocycles. The number of aromatic nitrogens is 1. The van der Waals surface area contributed by atoms with Crippen LogP contribution in [0, 0.1) is 0 Å². The standard InChI is InChI=1S/C21H17Cl2N3O6S/c22-14-2-1-3-15(23)16(14)18-25-17(21(28)29)19(32-18)24-13-6-4-12(5-7-13)20(27)26-8-10-33(30,31)11-9-26/h1-7,24H,8-11H2,(H,28,29). The van der Waals surface area contributed by atoms with Crippen LogP contribution < -0.4 is 5.32 Å². The van der Waals surface area contributed by atoms with Crippen LogP contribution in [-0.2, 0) is 9.84 Å². The summed E-state index contributed by atoms with van der Waals surface area (Å²) < 4.78 is 28.7. The highest BCUT2D eigenvalue weighted by Crippen LogP contribution is 2.37. The molecule has 33 heavy (non-hydrogen) atoms. The van der Waals surface area contributed by atoms with Crippen LogP contribution in [0.1, 0.15) is 20.8 Å². The molecule has 9 nitrogen and oxygen atoms in total. The zero-order valence-electron chi connectivity index (χ0n) is 16.9. The lowest BCUT2D eigenvalue weighted by molar-refractivity contribution is 0.0691. The predicted octanol–water partition coefficient (Wildman–Crippen LogP) is 3.96. The Labute approximate surface area is 198 Å². The molecule has 2 N–H and O–H groups in total. The molecule has 3 aromatic rings. The van der Waals surface area contributed by atoms with Crippen LogP contribution in [0.5, 0.6) is 0 Å². The molecule has 1 saturated heterocycles. The maximum atomic E-state index is 12.6. The maximum absolute atomic E-state index is 12.6. The quantitative estimate of drug-likeness (QED) is 0.528. The maximum Gasteiger partial charge on any atom is 0.360 e. The number of carbonyl (C=O) groups is 2. The fraction of sp³-hybridized carbons (Fsp3) is 0.190. The van der Waals surface area contributed by atoms with Gasteiger partial charge in [-0.3, -0.25) is 4.79 Å². The molecule has 1 amide bonds. The van der Waals surface area contributed by atoms with Crippen molar-refractivity contribution in [3.8, 4) is 11.5 Å². The lowest BCUT2D eigenvalue weighted by atomic mass is 10.1. The average Bonchev–Trinajstić information content (AvgIpc) is 3.17. The van der Waals surface area contributed by atoms with Crippen LogP contribution in [-0.4, -0.2) is 59.9 Å². The van der Waals surface area contributed by atoms with Crippen LogP contribution in [0.15, 0.2) is 46.9 Å². The van der Waals surface area contributed by atoms with Gasteiger partial charge in [0.2, 0.25) is 17.5 Å². The Morgan fingerprint density at radius 1 is 1.03 bits per heavy atom. The lowest BCUT2D eigenvalue weighted by Crippen LogP contribution is -2.43. The minimum absolute atomic E-state index is 0.0559. The number of sulfone groups is 1. The molecule has 0 atom stereocenters. The summed E-state index contributed by atoms with van der Waals surface area (Å²) in [7, 11) is -3.09. The van der Waals surface area contributed by atoms with E-state index >= 15 is 0 Å². The van der Waals surface area contributed by atoms with E-state index in [1.807, 2.05) is 0 Å². The third kappa shape index (κ3) is 4.97. The summed E-state index contributed by atoms with van der Waals surface area (Å²) >= 11 is 12.3. The molecular weight excluding hydrogens is 493 g/mol. The van der Waals surface area contributed by atoms with Crippen molar-refractivity contribution < 1.29 is 27.5 Å². The zero-order chi connectivity index (χ0) is 23.8. The van der Waals surface area contributed by atoms with Crippen LogP contribution in [0.4, 0.5) is 11.6 Å². The van der Waals surface area contributed by atoms with Gasteiger partial charge in [-0.2, -0.15) is 4.98 Å². The Kier molecular flexibility index (Phi) is 6.33. The van der Waals surface area contributed by atoms with Crippen LogP contribution in [0.3, 0.4) is 0 Å². The fourth-order valence-corrected chi connectivity index (χ4v) is 5.04. The van der Waals surface area contributed by atoms with Crippen molar-refractivity contribution in [2.75, 3.05) is 29.9 Å². The van der Waals surface area contributed by atoms with Gasteiger partial charge in [0.25, 0.3) is 5.91 Å². The van der Waals surface area contributed by atoms with Crippen molar-refractivity contribution in [2.24, 2.45) is 0 Å². The number of halogens is 2. The Hall–Kier alpha value is -3.08. The minimum atomic E-state index is -3.09. The molecule has 2 heterocycles. The van der Waals surface area contributed by atoms with Crippen molar-refractivity contribution in [2.45, 2.75) is 0 Å². The first-order valence-electron chi connectivity index (χ1n) is 9.70. The number of benzene rings is 2. The number of carboxylic acid groups (broad SMARTS) is 1. The molecule has 0 unspecified atom stereocenters. The predicted molar refractivity (Wildman–Crippen MR) is 123 cm³/mol. The number of carbonyl (C=O) groups excluding carboxylic acids is 1. The Bertz CT molecular complexity index is 1300. The number of hydrogen-bond donors (Lipinski definition) is 2. The van der Waals surface area contributed by atoms with Crippen molar-refractivity contribution in [3.05, 3.63) is 63.8 Å². The molecule has 0 bridgehead atoms. The average molecular weight is 510 g/mol. The van der Waals surface area contributed by atoms with Gasteiger partial charge in [-0.25, -0.2) is 13.2 Å². The highest BCUT2D eigenvalue weighted by atomic mass is 35.5. The van der Waals surface area contributed by atoms with Gasteiger partial charge in [0.05, 0.1) is 27.1 Å². The number of carboxylic acids is 1. The van der Waals surface area contributed by atoms with Gasteiger partial charge in [-0.15, -0.1) is 0 Å². The fourth-order valence-electron chi connectivity index (χ4n) is 3.28. The molecule has 1 fully saturated rings. The molecular formula is C21H17Cl2N3O6S. The summed E-state index contributed by atoms with van der Waals surface area (Å²) in [4.78, 5) is 29.8.